The molecule has 0 aromatic carbocycles. The minimum absolute atomic E-state index is 0.0102. The summed E-state index contributed by atoms with van der Waals surface area (Å²) in [5, 5.41) is 0. The van der Waals surface area contributed by atoms with E-state index in [4.69, 9.17) is 5.73 Å². The van der Waals surface area contributed by atoms with Crippen molar-refractivity contribution in [1.29, 1.82) is 0 Å². The summed E-state index contributed by atoms with van der Waals surface area (Å²) >= 11 is 0. The fraction of sp³-hybridized carbons (Fsp3) is 0.200. The number of rotatable bonds is 3. The molecule has 2 N–H and O–H groups in total. The van der Waals surface area contributed by atoms with Gasteiger partial charge in [0.2, 0.25) is 5.91 Å². The maximum absolute atomic E-state index is 12.3. The molecule has 1 rings (SSSR count). The van der Waals surface area contributed by atoms with E-state index in [1.807, 2.05) is 0 Å². The molecule has 1 amide bonds. The van der Waals surface area contributed by atoms with Gasteiger partial charge in [-0.25, -0.2) is 0 Å². The maximum atomic E-state index is 12.3. The van der Waals surface area contributed by atoms with E-state index in [-0.39, 0.29) is 6.42 Å². The van der Waals surface area contributed by atoms with Crippen molar-refractivity contribution in [3.05, 3.63) is 35.7 Å². The molecular formula is C10H9F3N2O. The minimum Gasteiger partial charge on any atom is -0.369 e. The number of amides is 1. The fourth-order valence-corrected chi connectivity index (χ4v) is 1.02. The highest BCUT2D eigenvalue weighted by Gasteiger charge is 2.32. The average Bonchev–Trinajstić information content (AvgIpc) is 2.16. The van der Waals surface area contributed by atoms with Gasteiger partial charge in [0.05, 0.1) is 0 Å². The third-order valence-corrected chi connectivity index (χ3v) is 1.70. The van der Waals surface area contributed by atoms with Gasteiger partial charge >= 0.3 is 6.18 Å². The minimum atomic E-state index is -4.46. The van der Waals surface area contributed by atoms with Crippen LogP contribution in [0.25, 0.3) is 6.08 Å². The Morgan fingerprint density at radius 2 is 2.19 bits per heavy atom. The van der Waals surface area contributed by atoms with E-state index in [2.05, 4.69) is 4.98 Å². The van der Waals surface area contributed by atoms with Crippen molar-refractivity contribution < 1.29 is 18.0 Å². The number of pyridine rings is 1. The molecule has 16 heavy (non-hydrogen) atoms. The van der Waals surface area contributed by atoms with Crippen molar-refractivity contribution in [3.63, 3.8) is 0 Å². The van der Waals surface area contributed by atoms with Gasteiger partial charge in [-0.1, -0.05) is 12.2 Å². The summed E-state index contributed by atoms with van der Waals surface area (Å²) in [7, 11) is 0. The molecule has 3 nitrogen and oxygen atoms in total. The highest BCUT2D eigenvalue weighted by atomic mass is 19.4. The molecule has 0 atom stereocenters. The number of aromatic nitrogens is 1. The first kappa shape index (κ1) is 12.2. The van der Waals surface area contributed by atoms with E-state index < -0.39 is 17.8 Å². The first-order chi connectivity index (χ1) is 7.39. The van der Waals surface area contributed by atoms with E-state index in [1.165, 1.54) is 18.2 Å². The summed E-state index contributed by atoms with van der Waals surface area (Å²) in [6.45, 7) is 0. The Kier molecular flexibility index (Phi) is 3.65. The average molecular weight is 230 g/mol. The highest BCUT2D eigenvalue weighted by Crippen LogP contribution is 2.27. The van der Waals surface area contributed by atoms with Crippen LogP contribution in [0.3, 0.4) is 0 Å². The lowest BCUT2D eigenvalue weighted by atomic mass is 10.2. The number of nitrogens with two attached hydrogens (primary N) is 1. The van der Waals surface area contributed by atoms with Crippen molar-refractivity contribution in [1.82, 2.24) is 4.98 Å². The zero-order valence-corrected chi connectivity index (χ0v) is 8.16. The zero-order chi connectivity index (χ0) is 12.2. The Hall–Kier alpha value is -1.85. The lowest BCUT2D eigenvalue weighted by molar-refractivity contribution is -0.141. The summed E-state index contributed by atoms with van der Waals surface area (Å²) in [6, 6.07) is 2.31. The first-order valence-electron chi connectivity index (χ1n) is 4.37. The van der Waals surface area contributed by atoms with Crippen molar-refractivity contribution >= 4 is 12.0 Å². The van der Waals surface area contributed by atoms with Crippen LogP contribution < -0.4 is 5.73 Å². The molecule has 86 valence electrons. The van der Waals surface area contributed by atoms with Crippen LogP contribution in [-0.4, -0.2) is 10.9 Å². The normalized spacial score (nSPS) is 11.9. The second-order valence-electron chi connectivity index (χ2n) is 3.04. The number of carbonyl (C=O) groups excluding carboxylic acids is 1. The van der Waals surface area contributed by atoms with Gasteiger partial charge in [0.1, 0.15) is 5.69 Å². The molecule has 0 saturated heterocycles. The molecule has 0 unspecified atom stereocenters. The number of alkyl halides is 3. The molecular weight excluding hydrogens is 221 g/mol. The predicted molar refractivity (Wildman–Crippen MR) is 52.1 cm³/mol. The highest BCUT2D eigenvalue weighted by molar-refractivity contribution is 5.76. The quantitative estimate of drug-likeness (QED) is 0.863. The number of primary amides is 1. The monoisotopic (exact) mass is 230 g/mol. The molecule has 0 aliphatic heterocycles. The predicted octanol–water partition coefficient (Wildman–Crippen LogP) is 1.99. The first-order valence-corrected chi connectivity index (χ1v) is 4.37. The molecule has 0 saturated carbocycles. The van der Waals surface area contributed by atoms with Gasteiger partial charge in [0.15, 0.2) is 0 Å². The van der Waals surface area contributed by atoms with Crippen LogP contribution in [-0.2, 0) is 11.0 Å². The molecule has 0 radical (unpaired) electrons. The molecule has 0 bridgehead atoms. The SMILES string of the molecule is NC(=O)CC=Cc1ccnc(C(F)(F)F)c1. The Balaban J connectivity index is 2.83. The van der Waals surface area contributed by atoms with Gasteiger partial charge in [-0.3, -0.25) is 9.78 Å². The number of carbonyl (C=O) groups is 1. The number of hydrogen-bond donors (Lipinski definition) is 1. The standard InChI is InChI=1S/C10H9F3N2O/c11-10(12,13)8-6-7(4-5-15-8)2-1-3-9(14)16/h1-2,4-6H,3H2,(H2,14,16). The smallest absolute Gasteiger partial charge is 0.369 e. The lowest BCUT2D eigenvalue weighted by Crippen LogP contribution is -2.08. The lowest BCUT2D eigenvalue weighted by Gasteiger charge is -2.05. The largest absolute Gasteiger partial charge is 0.433 e. The summed E-state index contributed by atoms with van der Waals surface area (Å²) in [5.41, 5.74) is 4.23. The summed E-state index contributed by atoms with van der Waals surface area (Å²) in [4.78, 5) is 13.6. The van der Waals surface area contributed by atoms with Gasteiger partial charge in [-0.2, -0.15) is 13.2 Å². The fourth-order valence-electron chi connectivity index (χ4n) is 1.02. The van der Waals surface area contributed by atoms with E-state index >= 15 is 0 Å². The molecule has 0 aliphatic rings. The van der Waals surface area contributed by atoms with Crippen molar-refractivity contribution in [2.75, 3.05) is 0 Å². The van der Waals surface area contributed by atoms with Crippen LogP contribution in [0.4, 0.5) is 13.2 Å². The Morgan fingerprint density at radius 3 is 2.75 bits per heavy atom. The molecule has 0 spiro atoms. The second kappa shape index (κ2) is 4.78. The van der Waals surface area contributed by atoms with Crippen LogP contribution in [0.15, 0.2) is 24.4 Å². The van der Waals surface area contributed by atoms with Crippen molar-refractivity contribution in [3.8, 4) is 0 Å². The third-order valence-electron chi connectivity index (χ3n) is 1.70. The Labute approximate surface area is 89.8 Å². The zero-order valence-electron chi connectivity index (χ0n) is 8.16. The van der Waals surface area contributed by atoms with Crippen LogP contribution in [0.5, 0.6) is 0 Å². The molecule has 1 heterocycles. The van der Waals surface area contributed by atoms with Gasteiger partial charge in [-0.15, -0.1) is 0 Å². The van der Waals surface area contributed by atoms with Crippen molar-refractivity contribution in [2.24, 2.45) is 5.73 Å². The number of nitrogens with zero attached hydrogens (tertiary/aromatic N) is 1. The van der Waals surface area contributed by atoms with Gasteiger partial charge in [0, 0.05) is 12.6 Å². The molecule has 6 heteroatoms. The van der Waals surface area contributed by atoms with Gasteiger partial charge in [-0.05, 0) is 17.7 Å². The van der Waals surface area contributed by atoms with E-state index in [1.54, 1.807) is 0 Å². The Bertz CT molecular complexity index is 413. The van der Waals surface area contributed by atoms with Crippen LogP contribution in [0, 0.1) is 0 Å². The molecule has 0 aliphatic carbocycles. The van der Waals surface area contributed by atoms with E-state index in [0.29, 0.717) is 5.56 Å². The maximum Gasteiger partial charge on any atom is 0.433 e. The molecule has 0 fully saturated rings. The second-order valence-corrected chi connectivity index (χ2v) is 3.04. The van der Waals surface area contributed by atoms with E-state index in [0.717, 1.165) is 12.3 Å². The topological polar surface area (TPSA) is 56.0 Å². The van der Waals surface area contributed by atoms with E-state index in [9.17, 15) is 18.0 Å². The molecule has 1 aromatic heterocycles. The van der Waals surface area contributed by atoms with Gasteiger partial charge < -0.3 is 5.73 Å². The summed E-state index contributed by atoms with van der Waals surface area (Å²) in [5.74, 6) is -0.540. The van der Waals surface area contributed by atoms with Crippen LogP contribution in [0.2, 0.25) is 0 Å². The van der Waals surface area contributed by atoms with Gasteiger partial charge in [0.25, 0.3) is 0 Å². The summed E-state index contributed by atoms with van der Waals surface area (Å²) in [6.07, 6.45) is -0.622. The number of halogens is 3. The molecule has 1 aromatic rings. The number of hydrogen-bond acceptors (Lipinski definition) is 2. The van der Waals surface area contributed by atoms with Crippen LogP contribution in [0.1, 0.15) is 17.7 Å². The summed E-state index contributed by atoms with van der Waals surface area (Å²) < 4.78 is 36.8. The van der Waals surface area contributed by atoms with Crippen LogP contribution >= 0.6 is 0 Å². The Morgan fingerprint density at radius 1 is 1.50 bits per heavy atom. The van der Waals surface area contributed by atoms with Crippen molar-refractivity contribution in [2.45, 2.75) is 12.6 Å². The third kappa shape index (κ3) is 3.72.